The van der Waals surface area contributed by atoms with Crippen molar-refractivity contribution in [1.29, 1.82) is 0 Å². The van der Waals surface area contributed by atoms with Gasteiger partial charge in [0.15, 0.2) is 5.78 Å². The molecule has 16 heavy (non-hydrogen) atoms. The molecule has 0 saturated carbocycles. The zero-order valence-electron chi connectivity index (χ0n) is 8.93. The third kappa shape index (κ3) is 1.72. The smallest absolute Gasteiger partial charge is 0.313 e. The summed E-state index contributed by atoms with van der Waals surface area (Å²) in [5.41, 5.74) is 1.97. The van der Waals surface area contributed by atoms with E-state index in [1.165, 1.54) is 6.92 Å². The van der Waals surface area contributed by atoms with E-state index in [4.69, 9.17) is 5.11 Å². The summed E-state index contributed by atoms with van der Waals surface area (Å²) in [7, 11) is 0. The van der Waals surface area contributed by atoms with Crippen molar-refractivity contribution in [2.24, 2.45) is 5.92 Å². The third-order valence-electron chi connectivity index (χ3n) is 2.94. The highest BCUT2D eigenvalue weighted by Gasteiger charge is 2.33. The fraction of sp³-hybridized carbons (Fsp3) is 0.333. The average Bonchev–Trinajstić information content (AvgIpc) is 2.70. The lowest BCUT2D eigenvalue weighted by Gasteiger charge is -2.13. The lowest BCUT2D eigenvalue weighted by Crippen LogP contribution is -2.31. The zero-order valence-corrected chi connectivity index (χ0v) is 8.93. The maximum atomic E-state index is 11.9. The van der Waals surface area contributed by atoms with Crippen LogP contribution in [0.15, 0.2) is 24.3 Å². The van der Waals surface area contributed by atoms with Crippen LogP contribution in [-0.2, 0) is 16.1 Å². The highest BCUT2D eigenvalue weighted by Crippen LogP contribution is 2.27. The summed E-state index contributed by atoms with van der Waals surface area (Å²) >= 11 is 0. The second kappa shape index (κ2) is 4.06. The predicted octanol–water partition coefficient (Wildman–Crippen LogP) is 1.12. The molecule has 1 aliphatic heterocycles. The Morgan fingerprint density at radius 2 is 2.12 bits per heavy atom. The van der Waals surface area contributed by atoms with Crippen LogP contribution in [-0.4, -0.2) is 16.9 Å². The van der Waals surface area contributed by atoms with Crippen LogP contribution in [0.2, 0.25) is 0 Å². The molecule has 4 heteroatoms. The van der Waals surface area contributed by atoms with Gasteiger partial charge in [0.2, 0.25) is 0 Å². The Morgan fingerprint density at radius 1 is 1.44 bits per heavy atom. The lowest BCUT2D eigenvalue weighted by molar-refractivity contribution is -0.146. The Hall–Kier alpha value is -1.68. The molecule has 1 aromatic rings. The van der Waals surface area contributed by atoms with Crippen molar-refractivity contribution in [3.8, 4) is 0 Å². The molecule has 84 valence electrons. The van der Waals surface area contributed by atoms with E-state index in [1.807, 2.05) is 24.3 Å². The molecule has 0 spiro atoms. The van der Waals surface area contributed by atoms with Gasteiger partial charge in [-0.25, -0.2) is 0 Å². The average molecular weight is 219 g/mol. The molecule has 0 amide bonds. The van der Waals surface area contributed by atoms with Crippen molar-refractivity contribution in [3.05, 3.63) is 35.4 Å². The Bertz CT molecular complexity index is 442. The summed E-state index contributed by atoms with van der Waals surface area (Å²) < 4.78 is 0. The van der Waals surface area contributed by atoms with Gasteiger partial charge >= 0.3 is 5.97 Å². The second-order valence-electron chi connectivity index (χ2n) is 3.98. The summed E-state index contributed by atoms with van der Waals surface area (Å²) in [6, 6.07) is 7.11. The van der Waals surface area contributed by atoms with Gasteiger partial charge in [-0.05, 0) is 18.1 Å². The fourth-order valence-corrected chi connectivity index (χ4v) is 1.92. The minimum atomic E-state index is -1.07. The molecule has 0 bridgehead atoms. The first-order chi connectivity index (χ1) is 7.61. The Balaban J connectivity index is 2.25. The summed E-state index contributed by atoms with van der Waals surface area (Å²) in [6.07, 6.45) is 0. The topological polar surface area (TPSA) is 66.4 Å². The number of ketones is 1. The molecular weight excluding hydrogens is 206 g/mol. The number of carbonyl (C=O) groups is 2. The first kappa shape index (κ1) is 10.8. The monoisotopic (exact) mass is 219 g/mol. The first-order valence-corrected chi connectivity index (χ1v) is 5.19. The Morgan fingerprint density at radius 3 is 2.81 bits per heavy atom. The SMILES string of the molecule is CC(C(=O)O)C(=O)C1NCc2ccccc21. The second-order valence-corrected chi connectivity index (χ2v) is 3.98. The van der Waals surface area contributed by atoms with Crippen molar-refractivity contribution in [2.75, 3.05) is 0 Å². The molecule has 1 heterocycles. The summed E-state index contributed by atoms with van der Waals surface area (Å²) in [4.78, 5) is 22.7. The molecule has 2 unspecified atom stereocenters. The molecule has 1 aromatic carbocycles. The maximum Gasteiger partial charge on any atom is 0.313 e. The largest absolute Gasteiger partial charge is 0.481 e. The van der Waals surface area contributed by atoms with E-state index in [2.05, 4.69) is 5.32 Å². The van der Waals surface area contributed by atoms with Gasteiger partial charge < -0.3 is 5.11 Å². The number of hydrogen-bond donors (Lipinski definition) is 2. The number of fused-ring (bicyclic) bond motifs is 1. The van der Waals surface area contributed by atoms with E-state index < -0.39 is 17.9 Å². The van der Waals surface area contributed by atoms with Crippen LogP contribution >= 0.6 is 0 Å². The molecule has 0 fully saturated rings. The molecular formula is C12H13NO3. The number of hydrogen-bond acceptors (Lipinski definition) is 3. The van der Waals surface area contributed by atoms with Crippen LogP contribution in [0.4, 0.5) is 0 Å². The number of rotatable bonds is 3. The number of carboxylic acids is 1. The van der Waals surface area contributed by atoms with E-state index in [9.17, 15) is 9.59 Å². The molecule has 0 saturated heterocycles. The van der Waals surface area contributed by atoms with Gasteiger partial charge in [-0.1, -0.05) is 24.3 Å². The number of nitrogens with one attached hydrogen (secondary N) is 1. The van der Waals surface area contributed by atoms with Crippen LogP contribution in [0.5, 0.6) is 0 Å². The highest BCUT2D eigenvalue weighted by molar-refractivity contribution is 6.01. The molecule has 2 rings (SSSR count). The number of carbonyl (C=O) groups excluding carboxylic acids is 1. The van der Waals surface area contributed by atoms with E-state index in [0.29, 0.717) is 6.54 Å². The van der Waals surface area contributed by atoms with Gasteiger partial charge in [0.05, 0.1) is 6.04 Å². The molecule has 2 atom stereocenters. The van der Waals surface area contributed by atoms with Crippen LogP contribution < -0.4 is 5.32 Å². The minimum Gasteiger partial charge on any atom is -0.481 e. The standard InChI is InChI=1S/C12H13NO3/c1-7(12(15)16)11(14)10-9-5-3-2-4-8(9)6-13-10/h2-5,7,10,13H,6H2,1H3,(H,15,16). The van der Waals surface area contributed by atoms with Crippen molar-refractivity contribution >= 4 is 11.8 Å². The third-order valence-corrected chi connectivity index (χ3v) is 2.94. The van der Waals surface area contributed by atoms with Crippen molar-refractivity contribution in [3.63, 3.8) is 0 Å². The van der Waals surface area contributed by atoms with Crippen molar-refractivity contribution in [1.82, 2.24) is 5.32 Å². The van der Waals surface area contributed by atoms with Crippen LogP contribution in [0.1, 0.15) is 24.1 Å². The van der Waals surface area contributed by atoms with Gasteiger partial charge in [0.1, 0.15) is 5.92 Å². The quantitative estimate of drug-likeness (QED) is 0.748. The fourth-order valence-electron chi connectivity index (χ4n) is 1.92. The Labute approximate surface area is 93.3 Å². The summed E-state index contributed by atoms with van der Waals surface area (Å²) in [5, 5.41) is 11.9. The van der Waals surface area contributed by atoms with E-state index >= 15 is 0 Å². The normalized spacial score (nSPS) is 20.2. The van der Waals surface area contributed by atoms with E-state index in [0.717, 1.165) is 11.1 Å². The molecule has 0 aliphatic carbocycles. The molecule has 4 nitrogen and oxygen atoms in total. The van der Waals surface area contributed by atoms with Crippen molar-refractivity contribution in [2.45, 2.75) is 19.5 Å². The Kier molecular flexibility index (Phi) is 2.75. The summed E-state index contributed by atoms with van der Waals surface area (Å²) in [6.45, 7) is 2.05. The first-order valence-electron chi connectivity index (χ1n) is 5.19. The van der Waals surface area contributed by atoms with Gasteiger partial charge in [-0.2, -0.15) is 0 Å². The van der Waals surface area contributed by atoms with Gasteiger partial charge in [-0.3, -0.25) is 14.9 Å². The number of benzene rings is 1. The van der Waals surface area contributed by atoms with Crippen LogP contribution in [0, 0.1) is 5.92 Å². The van der Waals surface area contributed by atoms with E-state index in [-0.39, 0.29) is 5.78 Å². The lowest BCUT2D eigenvalue weighted by atomic mass is 9.94. The molecule has 0 aromatic heterocycles. The highest BCUT2D eigenvalue weighted by atomic mass is 16.4. The van der Waals surface area contributed by atoms with Gasteiger partial charge in [0.25, 0.3) is 0 Å². The van der Waals surface area contributed by atoms with E-state index in [1.54, 1.807) is 0 Å². The van der Waals surface area contributed by atoms with Gasteiger partial charge in [0, 0.05) is 6.54 Å². The number of carboxylic acid groups (broad SMARTS) is 1. The van der Waals surface area contributed by atoms with Crippen LogP contribution in [0.25, 0.3) is 0 Å². The summed E-state index contributed by atoms with van der Waals surface area (Å²) in [5.74, 6) is -2.32. The molecule has 1 aliphatic rings. The zero-order chi connectivity index (χ0) is 11.7. The molecule has 2 N–H and O–H groups in total. The molecule has 0 radical (unpaired) electrons. The predicted molar refractivity (Wildman–Crippen MR) is 57.8 cm³/mol. The number of aliphatic carboxylic acids is 1. The van der Waals surface area contributed by atoms with Crippen molar-refractivity contribution < 1.29 is 14.7 Å². The van der Waals surface area contributed by atoms with Crippen LogP contribution in [0.3, 0.4) is 0 Å². The number of Topliss-reactive ketones (excluding diaryl/α,β-unsaturated/α-hetero) is 1. The van der Waals surface area contributed by atoms with Gasteiger partial charge in [-0.15, -0.1) is 0 Å². The minimum absolute atomic E-state index is 0.280. The maximum absolute atomic E-state index is 11.9.